The van der Waals surface area contributed by atoms with E-state index >= 15 is 0 Å². The first-order valence-electron chi connectivity index (χ1n) is 10.5. The maximum Gasteiger partial charge on any atom is 0.321 e. The number of esters is 1. The van der Waals surface area contributed by atoms with Crippen molar-refractivity contribution in [2.75, 3.05) is 25.0 Å². The van der Waals surface area contributed by atoms with Crippen molar-refractivity contribution < 1.29 is 19.1 Å². The number of benzene rings is 1. The van der Waals surface area contributed by atoms with Gasteiger partial charge in [-0.3, -0.25) is 9.59 Å². The highest BCUT2D eigenvalue weighted by Gasteiger charge is 2.34. The van der Waals surface area contributed by atoms with Gasteiger partial charge in [-0.2, -0.15) is 5.26 Å². The summed E-state index contributed by atoms with van der Waals surface area (Å²) < 4.78 is 5.19. The summed E-state index contributed by atoms with van der Waals surface area (Å²) in [6, 6.07) is 11.2. The molecule has 0 bridgehead atoms. The Morgan fingerprint density at radius 2 is 1.77 bits per heavy atom. The molecule has 0 radical (unpaired) electrons. The second-order valence-corrected chi connectivity index (χ2v) is 7.97. The molecule has 8 heteroatoms. The van der Waals surface area contributed by atoms with Crippen LogP contribution in [0, 0.1) is 17.2 Å². The average Bonchev–Trinajstić information content (AvgIpc) is 2.79. The highest BCUT2D eigenvalue weighted by molar-refractivity contribution is 5.89. The van der Waals surface area contributed by atoms with E-state index in [0.717, 1.165) is 24.9 Å². The molecule has 1 aliphatic heterocycles. The van der Waals surface area contributed by atoms with Gasteiger partial charge in [0.05, 0.1) is 12.0 Å². The smallest absolute Gasteiger partial charge is 0.321 e. The number of carbonyl (C=O) groups excluding carboxylic acids is 3. The van der Waals surface area contributed by atoms with Crippen molar-refractivity contribution in [3.8, 4) is 6.07 Å². The molecule has 0 aromatic heterocycles. The van der Waals surface area contributed by atoms with E-state index in [1.165, 1.54) is 0 Å². The predicted molar refractivity (Wildman–Crippen MR) is 110 cm³/mol. The molecule has 2 fully saturated rings. The van der Waals surface area contributed by atoms with E-state index in [-0.39, 0.29) is 18.6 Å². The molecule has 1 aromatic carbocycles. The summed E-state index contributed by atoms with van der Waals surface area (Å²) in [7, 11) is 0. The summed E-state index contributed by atoms with van der Waals surface area (Å²) >= 11 is 0. The van der Waals surface area contributed by atoms with E-state index < -0.39 is 17.4 Å². The fourth-order valence-electron chi connectivity index (χ4n) is 4.02. The third-order valence-corrected chi connectivity index (χ3v) is 5.79. The van der Waals surface area contributed by atoms with Crippen LogP contribution < -0.4 is 10.6 Å². The van der Waals surface area contributed by atoms with E-state index in [2.05, 4.69) is 16.7 Å². The van der Waals surface area contributed by atoms with Crippen LogP contribution in [0.4, 0.5) is 10.5 Å². The first-order valence-corrected chi connectivity index (χ1v) is 10.5. The summed E-state index contributed by atoms with van der Waals surface area (Å²) in [5.74, 6) is -1.20. The van der Waals surface area contributed by atoms with Gasteiger partial charge in [0, 0.05) is 18.8 Å². The zero-order valence-electron chi connectivity index (χ0n) is 17.1. The van der Waals surface area contributed by atoms with E-state index in [4.69, 9.17) is 4.74 Å². The summed E-state index contributed by atoms with van der Waals surface area (Å²) in [6.07, 6.45) is 5.12. The fourth-order valence-corrected chi connectivity index (χ4v) is 4.02. The zero-order valence-corrected chi connectivity index (χ0v) is 17.1. The number of urea groups is 1. The minimum absolute atomic E-state index is 0.193. The van der Waals surface area contributed by atoms with Crippen molar-refractivity contribution in [3.63, 3.8) is 0 Å². The van der Waals surface area contributed by atoms with Gasteiger partial charge in [0.2, 0.25) is 0 Å². The van der Waals surface area contributed by atoms with E-state index in [1.54, 1.807) is 4.90 Å². The second kappa shape index (κ2) is 10.1. The van der Waals surface area contributed by atoms with Gasteiger partial charge in [-0.1, -0.05) is 37.5 Å². The number of hydrogen-bond donors (Lipinski definition) is 2. The van der Waals surface area contributed by atoms with E-state index in [0.29, 0.717) is 38.8 Å². The number of likely N-dealkylation sites (tertiary alicyclic amines) is 1. The van der Waals surface area contributed by atoms with Crippen LogP contribution in [0.5, 0.6) is 0 Å². The third-order valence-electron chi connectivity index (χ3n) is 5.79. The van der Waals surface area contributed by atoms with Gasteiger partial charge in [-0.25, -0.2) is 4.79 Å². The quantitative estimate of drug-likeness (QED) is 0.723. The number of anilines is 1. The highest BCUT2D eigenvalue weighted by atomic mass is 16.5. The third kappa shape index (κ3) is 5.72. The lowest BCUT2D eigenvalue weighted by Crippen LogP contribution is -2.50. The summed E-state index contributed by atoms with van der Waals surface area (Å²) in [4.78, 5) is 38.5. The minimum Gasteiger partial charge on any atom is -0.455 e. The van der Waals surface area contributed by atoms with Crippen molar-refractivity contribution in [3.05, 3.63) is 30.3 Å². The fraction of sp³-hybridized carbons (Fsp3) is 0.545. The lowest BCUT2D eigenvalue weighted by Gasteiger charge is -2.32. The Morgan fingerprint density at radius 1 is 1.10 bits per heavy atom. The Morgan fingerprint density at radius 3 is 2.40 bits per heavy atom. The number of rotatable bonds is 5. The number of nitriles is 1. The van der Waals surface area contributed by atoms with Crippen molar-refractivity contribution in [1.29, 1.82) is 5.26 Å². The molecule has 1 aromatic rings. The molecule has 8 nitrogen and oxygen atoms in total. The summed E-state index contributed by atoms with van der Waals surface area (Å²) in [6.45, 7) is 0.515. The molecule has 0 spiro atoms. The Kier molecular flexibility index (Phi) is 7.28. The molecule has 1 heterocycles. The van der Waals surface area contributed by atoms with Crippen molar-refractivity contribution >= 4 is 23.6 Å². The number of hydrogen-bond acceptors (Lipinski definition) is 5. The van der Waals surface area contributed by atoms with Gasteiger partial charge < -0.3 is 20.3 Å². The molecular formula is C22H28N4O4. The van der Waals surface area contributed by atoms with Crippen LogP contribution >= 0.6 is 0 Å². The molecule has 1 saturated carbocycles. The van der Waals surface area contributed by atoms with Gasteiger partial charge in [-0.15, -0.1) is 0 Å². The number of nitrogens with zero attached hydrogens (tertiary/aromatic N) is 2. The molecular weight excluding hydrogens is 384 g/mol. The number of para-hydroxylation sites is 1. The van der Waals surface area contributed by atoms with Crippen LogP contribution in [0.15, 0.2) is 30.3 Å². The monoisotopic (exact) mass is 412 g/mol. The minimum atomic E-state index is -0.834. The van der Waals surface area contributed by atoms with Crippen molar-refractivity contribution in [2.24, 2.45) is 5.92 Å². The van der Waals surface area contributed by atoms with Gasteiger partial charge in [0.1, 0.15) is 5.54 Å². The normalized spacial score (nSPS) is 18.7. The average molecular weight is 412 g/mol. The Bertz CT molecular complexity index is 791. The van der Waals surface area contributed by atoms with Gasteiger partial charge in [0.15, 0.2) is 6.61 Å². The summed E-state index contributed by atoms with van der Waals surface area (Å²) in [5, 5.41) is 15.0. The maximum absolute atomic E-state index is 12.3. The number of ether oxygens (including phenoxy) is 1. The van der Waals surface area contributed by atoms with E-state index in [1.807, 2.05) is 30.3 Å². The molecule has 1 aliphatic carbocycles. The molecule has 2 N–H and O–H groups in total. The molecule has 0 unspecified atom stereocenters. The van der Waals surface area contributed by atoms with Crippen LogP contribution in [0.25, 0.3) is 0 Å². The molecule has 1 saturated heterocycles. The number of piperidine rings is 1. The molecule has 30 heavy (non-hydrogen) atoms. The van der Waals surface area contributed by atoms with Gasteiger partial charge in [0.25, 0.3) is 5.91 Å². The molecule has 3 amide bonds. The van der Waals surface area contributed by atoms with Crippen LogP contribution in [-0.2, 0) is 14.3 Å². The van der Waals surface area contributed by atoms with Gasteiger partial charge >= 0.3 is 12.0 Å². The summed E-state index contributed by atoms with van der Waals surface area (Å²) in [5.41, 5.74) is -0.109. The molecule has 3 rings (SSSR count). The zero-order chi connectivity index (χ0) is 21.4. The molecule has 160 valence electrons. The SMILES string of the molecule is N#CC1(NC(=O)COC(=O)C2CCN(C(=O)Nc3ccccc3)CC2)CCCCC1. The van der Waals surface area contributed by atoms with Crippen LogP contribution in [-0.4, -0.2) is 48.0 Å². The number of carbonyl (C=O) groups is 3. The van der Waals surface area contributed by atoms with Gasteiger partial charge in [-0.05, 0) is 37.8 Å². The Labute approximate surface area is 176 Å². The second-order valence-electron chi connectivity index (χ2n) is 7.97. The largest absolute Gasteiger partial charge is 0.455 e. The molecule has 2 aliphatic rings. The van der Waals surface area contributed by atoms with E-state index in [9.17, 15) is 19.6 Å². The molecule has 0 atom stereocenters. The number of nitrogens with one attached hydrogen (secondary N) is 2. The standard InChI is InChI=1S/C22H28N4O4/c23-16-22(11-5-2-6-12-22)25-19(27)15-30-20(28)17-9-13-26(14-10-17)21(29)24-18-7-3-1-4-8-18/h1,3-4,7-8,17H,2,5-6,9-15H2,(H,24,29)(H,25,27). The van der Waals surface area contributed by atoms with Crippen molar-refractivity contribution in [1.82, 2.24) is 10.2 Å². The van der Waals surface area contributed by atoms with Crippen molar-refractivity contribution in [2.45, 2.75) is 50.5 Å². The highest BCUT2D eigenvalue weighted by Crippen LogP contribution is 2.27. The first kappa shape index (κ1) is 21.6. The maximum atomic E-state index is 12.3. The predicted octanol–water partition coefficient (Wildman–Crippen LogP) is 2.82. The lowest BCUT2D eigenvalue weighted by atomic mass is 9.83. The van der Waals surface area contributed by atoms with Crippen LogP contribution in [0.1, 0.15) is 44.9 Å². The first-order chi connectivity index (χ1) is 14.5. The topological polar surface area (TPSA) is 112 Å². The Balaban J connectivity index is 1.39. The van der Waals surface area contributed by atoms with Crippen LogP contribution in [0.2, 0.25) is 0 Å². The lowest BCUT2D eigenvalue weighted by molar-refractivity contribution is -0.154. The Hall–Kier alpha value is -3.08. The number of amides is 3. The van der Waals surface area contributed by atoms with Crippen LogP contribution in [0.3, 0.4) is 0 Å².